The second-order valence-corrected chi connectivity index (χ2v) is 7.13. The summed E-state index contributed by atoms with van der Waals surface area (Å²) in [7, 11) is 0. The highest BCUT2D eigenvalue weighted by Crippen LogP contribution is 2.30. The van der Waals surface area contributed by atoms with Gasteiger partial charge >= 0.3 is 0 Å². The Morgan fingerprint density at radius 2 is 2.05 bits per heavy atom. The maximum absolute atomic E-state index is 6.16. The Kier molecular flexibility index (Phi) is 5.35. The van der Waals surface area contributed by atoms with Crippen molar-refractivity contribution in [2.45, 2.75) is 38.3 Å². The molecule has 0 atom stereocenters. The van der Waals surface area contributed by atoms with Gasteiger partial charge in [0.1, 0.15) is 0 Å². The quantitative estimate of drug-likeness (QED) is 0.860. The van der Waals surface area contributed by atoms with Crippen LogP contribution in [-0.2, 0) is 0 Å². The summed E-state index contributed by atoms with van der Waals surface area (Å²) in [4.78, 5) is 2.50. The van der Waals surface area contributed by atoms with Gasteiger partial charge in [-0.2, -0.15) is 0 Å². The predicted octanol–water partition coefficient (Wildman–Crippen LogP) is 3.72. The van der Waals surface area contributed by atoms with E-state index in [0.717, 1.165) is 41.1 Å². The lowest BCUT2D eigenvalue weighted by molar-refractivity contribution is 0.144. The molecule has 112 valence electrons. The monoisotopic (exact) mass is 359 g/mol. The zero-order valence-electron chi connectivity index (χ0n) is 12.1. The number of halogens is 2. The third kappa shape index (κ3) is 3.67. The number of hydrogen-bond donors (Lipinski definition) is 2. The van der Waals surface area contributed by atoms with Crippen molar-refractivity contribution < 1.29 is 0 Å². The van der Waals surface area contributed by atoms with Gasteiger partial charge in [0.05, 0.1) is 10.6 Å². The van der Waals surface area contributed by atoms with Crippen molar-refractivity contribution in [1.82, 2.24) is 4.90 Å². The molecule has 1 aromatic carbocycles. The minimum Gasteiger partial charge on any atom is -0.378 e. The molecule has 0 radical (unpaired) electrons. The van der Waals surface area contributed by atoms with Gasteiger partial charge in [0.15, 0.2) is 0 Å². The van der Waals surface area contributed by atoms with Crippen molar-refractivity contribution in [3.05, 3.63) is 27.7 Å². The minimum atomic E-state index is -0.0114. The van der Waals surface area contributed by atoms with Gasteiger partial charge < -0.3 is 16.0 Å². The Bertz CT molecular complexity index is 456. The molecular weight excluding hydrogens is 338 g/mol. The molecule has 0 spiro atoms. The van der Waals surface area contributed by atoms with Gasteiger partial charge in [0, 0.05) is 35.8 Å². The summed E-state index contributed by atoms with van der Waals surface area (Å²) in [6.45, 7) is 7.32. The number of nitrogens with one attached hydrogen (secondary N) is 1. The molecule has 0 unspecified atom stereocenters. The van der Waals surface area contributed by atoms with E-state index < -0.39 is 0 Å². The van der Waals surface area contributed by atoms with Crippen LogP contribution in [0.1, 0.15) is 26.7 Å². The van der Waals surface area contributed by atoms with Gasteiger partial charge in [-0.3, -0.25) is 0 Å². The number of rotatable bonds is 4. The van der Waals surface area contributed by atoms with Gasteiger partial charge in [0.25, 0.3) is 0 Å². The second kappa shape index (κ2) is 6.65. The number of piperidine rings is 1. The largest absolute Gasteiger partial charge is 0.378 e. The summed E-state index contributed by atoms with van der Waals surface area (Å²) in [5.41, 5.74) is 7.08. The predicted molar refractivity (Wildman–Crippen MR) is 90.5 cm³/mol. The number of nitrogens with zero attached hydrogens (tertiary/aromatic N) is 1. The molecule has 1 heterocycles. The van der Waals surface area contributed by atoms with Gasteiger partial charge in [-0.15, -0.1) is 0 Å². The molecule has 3 N–H and O–H groups in total. The Hall–Kier alpha value is -0.290. The Morgan fingerprint density at radius 1 is 1.40 bits per heavy atom. The first kappa shape index (κ1) is 16.1. The average molecular weight is 361 g/mol. The van der Waals surface area contributed by atoms with Crippen LogP contribution in [-0.4, -0.2) is 36.1 Å². The average Bonchev–Trinajstić information content (AvgIpc) is 2.43. The Balaban J connectivity index is 2.07. The maximum Gasteiger partial charge on any atom is 0.0568 e. The second-order valence-electron chi connectivity index (χ2n) is 5.87. The molecule has 0 aliphatic carbocycles. The molecule has 1 aliphatic heterocycles. The molecule has 1 aromatic rings. The standard InChI is InChI=1S/C15H23BrClN3/c1-11(2)20-7-5-15(10-18,6-8-20)19-12-3-4-13(16)14(17)9-12/h3-4,9,11,19H,5-8,10,18H2,1-2H3. The fourth-order valence-electron chi connectivity index (χ4n) is 2.73. The van der Waals surface area contributed by atoms with Crippen LogP contribution in [0.15, 0.2) is 22.7 Å². The lowest BCUT2D eigenvalue weighted by Gasteiger charge is -2.43. The SMILES string of the molecule is CC(C)N1CCC(CN)(Nc2ccc(Br)c(Cl)c2)CC1. The molecular formula is C15H23BrClN3. The van der Waals surface area contributed by atoms with Crippen molar-refractivity contribution in [2.75, 3.05) is 25.0 Å². The van der Waals surface area contributed by atoms with Crippen molar-refractivity contribution in [1.29, 1.82) is 0 Å². The number of anilines is 1. The number of nitrogens with two attached hydrogens (primary N) is 1. The molecule has 20 heavy (non-hydrogen) atoms. The lowest BCUT2D eigenvalue weighted by atomic mass is 9.86. The first-order chi connectivity index (χ1) is 9.46. The zero-order chi connectivity index (χ0) is 14.8. The highest BCUT2D eigenvalue weighted by atomic mass is 79.9. The molecule has 5 heteroatoms. The molecule has 1 fully saturated rings. The van der Waals surface area contributed by atoms with Gasteiger partial charge in [-0.1, -0.05) is 11.6 Å². The molecule has 2 rings (SSSR count). The van der Waals surface area contributed by atoms with Crippen molar-refractivity contribution in [2.24, 2.45) is 5.73 Å². The zero-order valence-corrected chi connectivity index (χ0v) is 14.5. The lowest BCUT2D eigenvalue weighted by Crippen LogP contribution is -2.54. The van der Waals surface area contributed by atoms with Gasteiger partial charge in [-0.05, 0) is 60.8 Å². The van der Waals surface area contributed by atoms with E-state index in [2.05, 4.69) is 40.0 Å². The molecule has 0 saturated carbocycles. The van der Waals surface area contributed by atoms with E-state index in [9.17, 15) is 0 Å². The first-order valence-electron chi connectivity index (χ1n) is 7.13. The van der Waals surface area contributed by atoms with E-state index in [4.69, 9.17) is 17.3 Å². The van der Waals surface area contributed by atoms with E-state index in [-0.39, 0.29) is 5.54 Å². The Labute approximate surface area is 135 Å². The van der Waals surface area contributed by atoms with Crippen LogP contribution in [0.3, 0.4) is 0 Å². The van der Waals surface area contributed by atoms with E-state index in [1.54, 1.807) is 0 Å². The summed E-state index contributed by atoms with van der Waals surface area (Å²) in [6.07, 6.45) is 2.13. The normalized spacial score (nSPS) is 19.3. The summed E-state index contributed by atoms with van der Waals surface area (Å²) in [5, 5.41) is 4.34. The summed E-state index contributed by atoms with van der Waals surface area (Å²) in [6, 6.07) is 6.57. The van der Waals surface area contributed by atoms with Crippen molar-refractivity contribution in [3.8, 4) is 0 Å². The fourth-order valence-corrected chi connectivity index (χ4v) is 3.16. The smallest absolute Gasteiger partial charge is 0.0568 e. The molecule has 1 aliphatic rings. The van der Waals surface area contributed by atoms with Crippen LogP contribution in [0.2, 0.25) is 5.02 Å². The van der Waals surface area contributed by atoms with Crippen LogP contribution in [0.4, 0.5) is 5.69 Å². The van der Waals surface area contributed by atoms with Crippen molar-refractivity contribution in [3.63, 3.8) is 0 Å². The van der Waals surface area contributed by atoms with Crippen molar-refractivity contribution >= 4 is 33.2 Å². The van der Waals surface area contributed by atoms with Gasteiger partial charge in [0.2, 0.25) is 0 Å². The van der Waals surface area contributed by atoms with Crippen LogP contribution in [0.25, 0.3) is 0 Å². The number of benzene rings is 1. The van der Waals surface area contributed by atoms with E-state index in [1.165, 1.54) is 0 Å². The molecule has 0 aromatic heterocycles. The molecule has 0 bridgehead atoms. The highest BCUT2D eigenvalue weighted by molar-refractivity contribution is 9.10. The van der Waals surface area contributed by atoms with E-state index in [0.29, 0.717) is 12.6 Å². The van der Waals surface area contributed by atoms with E-state index >= 15 is 0 Å². The fraction of sp³-hybridized carbons (Fsp3) is 0.600. The molecule has 0 amide bonds. The third-order valence-electron chi connectivity index (χ3n) is 4.21. The number of hydrogen-bond acceptors (Lipinski definition) is 3. The summed E-state index contributed by atoms with van der Waals surface area (Å²) in [5.74, 6) is 0. The summed E-state index contributed by atoms with van der Waals surface area (Å²) < 4.78 is 0.918. The van der Waals surface area contributed by atoms with Crippen LogP contribution < -0.4 is 11.1 Å². The van der Waals surface area contributed by atoms with Crippen LogP contribution in [0.5, 0.6) is 0 Å². The molecule has 1 saturated heterocycles. The highest BCUT2D eigenvalue weighted by Gasteiger charge is 2.33. The minimum absolute atomic E-state index is 0.0114. The van der Waals surface area contributed by atoms with Crippen LogP contribution in [0, 0.1) is 0 Å². The number of likely N-dealkylation sites (tertiary alicyclic amines) is 1. The third-order valence-corrected chi connectivity index (χ3v) is 5.44. The first-order valence-corrected chi connectivity index (χ1v) is 8.30. The van der Waals surface area contributed by atoms with Crippen LogP contribution >= 0.6 is 27.5 Å². The van der Waals surface area contributed by atoms with E-state index in [1.807, 2.05) is 18.2 Å². The maximum atomic E-state index is 6.16. The van der Waals surface area contributed by atoms with Gasteiger partial charge in [-0.25, -0.2) is 0 Å². The topological polar surface area (TPSA) is 41.3 Å². The molecule has 3 nitrogen and oxygen atoms in total. The summed E-state index contributed by atoms with van der Waals surface area (Å²) >= 11 is 9.58. The Morgan fingerprint density at radius 3 is 2.55 bits per heavy atom.